The predicted octanol–water partition coefficient (Wildman–Crippen LogP) is 3.70. The van der Waals surface area contributed by atoms with Crippen LogP contribution in [0.5, 0.6) is 0 Å². The molecule has 1 aliphatic carbocycles. The molecule has 2 nitrogen and oxygen atoms in total. The number of rotatable bonds is 5. The van der Waals surface area contributed by atoms with Crippen molar-refractivity contribution in [2.45, 2.75) is 45.2 Å². The largest absolute Gasteiger partial charge is 0.312 e. The van der Waals surface area contributed by atoms with Gasteiger partial charge in [-0.15, -0.1) is 0 Å². The van der Waals surface area contributed by atoms with Crippen molar-refractivity contribution in [3.05, 3.63) is 35.9 Å². The summed E-state index contributed by atoms with van der Waals surface area (Å²) in [5, 5.41) is 3.86. The fourth-order valence-electron chi connectivity index (χ4n) is 3.61. The molecule has 0 heterocycles. The Bertz CT molecular complexity index is 378. The summed E-state index contributed by atoms with van der Waals surface area (Å²) in [6, 6.07) is 12.0. The second kappa shape index (κ2) is 7.24. The highest BCUT2D eigenvalue weighted by Gasteiger charge is 2.28. The van der Waals surface area contributed by atoms with Gasteiger partial charge in [0.2, 0.25) is 0 Å². The van der Waals surface area contributed by atoms with Crippen LogP contribution in [0.2, 0.25) is 0 Å². The fourth-order valence-corrected chi connectivity index (χ4v) is 3.61. The molecule has 0 bridgehead atoms. The summed E-state index contributed by atoms with van der Waals surface area (Å²) in [4.78, 5) is 2.32. The SMILES string of the molecule is CC1CCCC(C)C1NCC(c1ccccc1)N(C)C. The summed E-state index contributed by atoms with van der Waals surface area (Å²) in [5.41, 5.74) is 1.40. The summed E-state index contributed by atoms with van der Waals surface area (Å²) < 4.78 is 0. The molecule has 2 rings (SSSR count). The number of likely N-dealkylation sites (N-methyl/N-ethyl adjacent to an activating group) is 1. The van der Waals surface area contributed by atoms with Gasteiger partial charge in [0.25, 0.3) is 0 Å². The number of nitrogens with zero attached hydrogens (tertiary/aromatic N) is 1. The molecule has 3 atom stereocenters. The lowest BCUT2D eigenvalue weighted by molar-refractivity contribution is 0.188. The Morgan fingerprint density at radius 2 is 1.70 bits per heavy atom. The summed E-state index contributed by atoms with van der Waals surface area (Å²) in [6.07, 6.45) is 4.15. The van der Waals surface area contributed by atoms with E-state index in [0.717, 1.165) is 18.4 Å². The van der Waals surface area contributed by atoms with E-state index >= 15 is 0 Å². The van der Waals surface area contributed by atoms with E-state index in [-0.39, 0.29) is 0 Å². The lowest BCUT2D eigenvalue weighted by Gasteiger charge is -2.37. The first-order valence-corrected chi connectivity index (χ1v) is 8.04. The maximum absolute atomic E-state index is 3.86. The molecule has 1 fully saturated rings. The van der Waals surface area contributed by atoms with E-state index in [4.69, 9.17) is 0 Å². The molecule has 0 spiro atoms. The Hall–Kier alpha value is -0.860. The highest BCUT2D eigenvalue weighted by Crippen LogP contribution is 2.29. The maximum atomic E-state index is 3.86. The predicted molar refractivity (Wildman–Crippen MR) is 86.8 cm³/mol. The first-order chi connectivity index (χ1) is 9.59. The van der Waals surface area contributed by atoms with E-state index in [9.17, 15) is 0 Å². The van der Waals surface area contributed by atoms with Gasteiger partial charge in [0, 0.05) is 18.6 Å². The van der Waals surface area contributed by atoms with Crippen LogP contribution < -0.4 is 5.32 Å². The first kappa shape index (κ1) is 15.5. The van der Waals surface area contributed by atoms with E-state index in [2.05, 4.69) is 68.5 Å². The Morgan fingerprint density at radius 3 is 2.25 bits per heavy atom. The van der Waals surface area contributed by atoms with E-state index in [1.165, 1.54) is 24.8 Å². The standard InChI is InChI=1S/C18H30N2/c1-14-9-8-10-15(2)18(14)19-13-17(20(3)4)16-11-6-5-7-12-16/h5-7,11-12,14-15,17-19H,8-10,13H2,1-4H3. The fraction of sp³-hybridized carbons (Fsp3) is 0.667. The van der Waals surface area contributed by atoms with Gasteiger partial charge in [-0.3, -0.25) is 0 Å². The summed E-state index contributed by atoms with van der Waals surface area (Å²) in [7, 11) is 4.35. The van der Waals surface area contributed by atoms with Crippen molar-refractivity contribution in [1.82, 2.24) is 10.2 Å². The zero-order valence-corrected chi connectivity index (χ0v) is 13.5. The van der Waals surface area contributed by atoms with Crippen molar-refractivity contribution in [2.24, 2.45) is 11.8 Å². The van der Waals surface area contributed by atoms with E-state index in [0.29, 0.717) is 12.1 Å². The molecule has 0 amide bonds. The minimum absolute atomic E-state index is 0.456. The first-order valence-electron chi connectivity index (χ1n) is 8.04. The molecule has 0 radical (unpaired) electrons. The van der Waals surface area contributed by atoms with E-state index < -0.39 is 0 Å². The van der Waals surface area contributed by atoms with Crippen molar-refractivity contribution in [1.29, 1.82) is 0 Å². The molecular formula is C18H30N2. The molecule has 3 unspecified atom stereocenters. The van der Waals surface area contributed by atoms with Crippen molar-refractivity contribution in [3.8, 4) is 0 Å². The Kier molecular flexibility index (Phi) is 5.62. The molecule has 1 saturated carbocycles. The molecule has 0 aromatic heterocycles. The molecule has 2 heteroatoms. The molecular weight excluding hydrogens is 244 g/mol. The average molecular weight is 274 g/mol. The number of hydrogen-bond donors (Lipinski definition) is 1. The third-order valence-corrected chi connectivity index (χ3v) is 4.90. The number of nitrogens with one attached hydrogen (secondary N) is 1. The molecule has 20 heavy (non-hydrogen) atoms. The third kappa shape index (κ3) is 3.83. The summed E-state index contributed by atoms with van der Waals surface area (Å²) in [5.74, 6) is 1.61. The smallest absolute Gasteiger partial charge is 0.0466 e. The van der Waals surface area contributed by atoms with Gasteiger partial charge < -0.3 is 10.2 Å². The Morgan fingerprint density at radius 1 is 1.10 bits per heavy atom. The van der Waals surface area contributed by atoms with Crippen LogP contribution >= 0.6 is 0 Å². The topological polar surface area (TPSA) is 15.3 Å². The van der Waals surface area contributed by atoms with Crippen LogP contribution in [0.25, 0.3) is 0 Å². The second-order valence-electron chi connectivity index (χ2n) is 6.71. The van der Waals surface area contributed by atoms with Gasteiger partial charge in [0.05, 0.1) is 0 Å². The van der Waals surface area contributed by atoms with Crippen LogP contribution in [0.15, 0.2) is 30.3 Å². The average Bonchev–Trinajstić information content (AvgIpc) is 2.43. The number of benzene rings is 1. The molecule has 1 aliphatic rings. The molecule has 1 aromatic carbocycles. The summed E-state index contributed by atoms with van der Waals surface area (Å²) >= 11 is 0. The van der Waals surface area contributed by atoms with E-state index in [1.807, 2.05) is 0 Å². The van der Waals surface area contributed by atoms with Crippen molar-refractivity contribution in [3.63, 3.8) is 0 Å². The maximum Gasteiger partial charge on any atom is 0.0466 e. The molecule has 0 saturated heterocycles. The molecule has 1 N–H and O–H groups in total. The van der Waals surface area contributed by atoms with Gasteiger partial charge in [0.15, 0.2) is 0 Å². The molecule has 112 valence electrons. The summed E-state index contributed by atoms with van der Waals surface area (Å²) in [6.45, 7) is 5.84. The monoisotopic (exact) mass is 274 g/mol. The highest BCUT2D eigenvalue weighted by atomic mass is 15.1. The lowest BCUT2D eigenvalue weighted by atomic mass is 9.78. The lowest BCUT2D eigenvalue weighted by Crippen LogP contribution is -2.45. The van der Waals surface area contributed by atoms with Gasteiger partial charge in [0.1, 0.15) is 0 Å². The van der Waals surface area contributed by atoms with Crippen LogP contribution in [-0.4, -0.2) is 31.6 Å². The van der Waals surface area contributed by atoms with Crippen LogP contribution in [0.4, 0.5) is 0 Å². The number of hydrogen-bond acceptors (Lipinski definition) is 2. The Balaban J connectivity index is 1.99. The van der Waals surface area contributed by atoms with Gasteiger partial charge in [-0.05, 0) is 44.3 Å². The van der Waals surface area contributed by atoms with Crippen LogP contribution in [0.3, 0.4) is 0 Å². The van der Waals surface area contributed by atoms with Gasteiger partial charge in [-0.2, -0.15) is 0 Å². The normalized spacial score (nSPS) is 28.6. The van der Waals surface area contributed by atoms with Crippen LogP contribution in [0.1, 0.15) is 44.7 Å². The Labute approximate surface area is 124 Å². The van der Waals surface area contributed by atoms with Crippen molar-refractivity contribution < 1.29 is 0 Å². The third-order valence-electron chi connectivity index (χ3n) is 4.90. The minimum Gasteiger partial charge on any atom is -0.312 e. The zero-order valence-electron chi connectivity index (χ0n) is 13.5. The molecule has 0 aliphatic heterocycles. The van der Waals surface area contributed by atoms with Crippen LogP contribution in [-0.2, 0) is 0 Å². The molecule has 1 aromatic rings. The van der Waals surface area contributed by atoms with Gasteiger partial charge in [-0.25, -0.2) is 0 Å². The zero-order chi connectivity index (χ0) is 14.5. The second-order valence-corrected chi connectivity index (χ2v) is 6.71. The minimum atomic E-state index is 0.456. The van der Waals surface area contributed by atoms with Crippen LogP contribution in [0, 0.1) is 11.8 Å². The van der Waals surface area contributed by atoms with Crippen molar-refractivity contribution >= 4 is 0 Å². The van der Waals surface area contributed by atoms with E-state index in [1.54, 1.807) is 0 Å². The van der Waals surface area contributed by atoms with Gasteiger partial charge >= 0.3 is 0 Å². The highest BCUT2D eigenvalue weighted by molar-refractivity contribution is 5.19. The van der Waals surface area contributed by atoms with Gasteiger partial charge in [-0.1, -0.05) is 50.6 Å². The van der Waals surface area contributed by atoms with Crippen molar-refractivity contribution in [2.75, 3.05) is 20.6 Å². The quantitative estimate of drug-likeness (QED) is 0.880.